The molecular weight excluding hydrogens is 423 g/mol. The predicted octanol–water partition coefficient (Wildman–Crippen LogP) is 3.95. The van der Waals surface area contributed by atoms with Gasteiger partial charge in [0.15, 0.2) is 17.3 Å². The minimum absolute atomic E-state index is 0.0717. The number of methoxy groups -OCH3 is 2. The number of rotatable bonds is 8. The lowest BCUT2D eigenvalue weighted by Crippen LogP contribution is -2.07. The van der Waals surface area contributed by atoms with E-state index in [2.05, 4.69) is 20.0 Å². The van der Waals surface area contributed by atoms with Crippen molar-refractivity contribution >= 4 is 23.3 Å². The lowest BCUT2D eigenvalue weighted by Gasteiger charge is -2.12. The zero-order valence-electron chi connectivity index (χ0n) is 17.4. The largest absolute Gasteiger partial charge is 0.494 e. The number of nitro groups is 1. The molecule has 10 nitrogen and oxygen atoms in total. The summed E-state index contributed by atoms with van der Waals surface area (Å²) in [6.07, 6.45) is 2.66. The summed E-state index contributed by atoms with van der Waals surface area (Å²) in [5, 5.41) is 14.1. The van der Waals surface area contributed by atoms with Crippen LogP contribution in [-0.4, -0.2) is 35.1 Å². The van der Waals surface area contributed by atoms with Crippen molar-refractivity contribution in [3.8, 4) is 11.5 Å². The minimum atomic E-state index is -0.675. The van der Waals surface area contributed by atoms with Crippen LogP contribution in [0.2, 0.25) is 0 Å². The van der Waals surface area contributed by atoms with Crippen molar-refractivity contribution in [3.05, 3.63) is 75.3 Å². The van der Waals surface area contributed by atoms with E-state index in [0.717, 1.165) is 0 Å². The monoisotopic (exact) mass is 442 g/mol. The molecule has 3 rings (SSSR count). The SMILES string of the molecule is COC(=O)c1cc(COc2cnc(Nc3c(C)cccc3[N+](=O)[O-])nc2)c(F)c(OC)c1. The van der Waals surface area contributed by atoms with Crippen molar-refractivity contribution in [3.63, 3.8) is 0 Å². The minimum Gasteiger partial charge on any atom is -0.494 e. The highest BCUT2D eigenvalue weighted by Gasteiger charge is 2.18. The van der Waals surface area contributed by atoms with E-state index >= 15 is 0 Å². The van der Waals surface area contributed by atoms with Crippen LogP contribution >= 0.6 is 0 Å². The Labute approximate surface area is 182 Å². The van der Waals surface area contributed by atoms with E-state index < -0.39 is 16.7 Å². The molecular formula is C21H19FN4O6. The number of anilines is 2. The van der Waals surface area contributed by atoms with Gasteiger partial charge in [-0.05, 0) is 24.6 Å². The summed E-state index contributed by atoms with van der Waals surface area (Å²) in [7, 11) is 2.50. The molecule has 0 unspecified atom stereocenters. The molecule has 0 aliphatic heterocycles. The predicted molar refractivity (Wildman–Crippen MR) is 112 cm³/mol. The number of carbonyl (C=O) groups is 1. The van der Waals surface area contributed by atoms with Crippen molar-refractivity contribution in [2.75, 3.05) is 19.5 Å². The van der Waals surface area contributed by atoms with Crippen LogP contribution in [-0.2, 0) is 11.3 Å². The summed E-state index contributed by atoms with van der Waals surface area (Å²) in [5.41, 5.74) is 1.00. The molecule has 32 heavy (non-hydrogen) atoms. The molecule has 2 aromatic carbocycles. The maximum atomic E-state index is 14.5. The van der Waals surface area contributed by atoms with E-state index in [1.807, 2.05) is 0 Å². The van der Waals surface area contributed by atoms with Crippen LogP contribution in [0.15, 0.2) is 42.7 Å². The maximum Gasteiger partial charge on any atom is 0.337 e. The Morgan fingerprint density at radius 3 is 2.56 bits per heavy atom. The number of benzene rings is 2. The summed E-state index contributed by atoms with van der Waals surface area (Å²) in [5.74, 6) is -1.10. The highest BCUT2D eigenvalue weighted by molar-refractivity contribution is 5.90. The van der Waals surface area contributed by atoms with Gasteiger partial charge in [-0.2, -0.15) is 0 Å². The highest BCUT2D eigenvalue weighted by Crippen LogP contribution is 2.30. The van der Waals surface area contributed by atoms with Gasteiger partial charge in [-0.25, -0.2) is 19.2 Å². The third-order valence-electron chi connectivity index (χ3n) is 4.46. The number of nitro benzene ring substituents is 1. The summed E-state index contributed by atoms with van der Waals surface area (Å²) in [6, 6.07) is 7.21. The fourth-order valence-electron chi connectivity index (χ4n) is 2.84. The maximum absolute atomic E-state index is 14.5. The van der Waals surface area contributed by atoms with Gasteiger partial charge in [0.2, 0.25) is 5.95 Å². The van der Waals surface area contributed by atoms with Gasteiger partial charge in [0.25, 0.3) is 5.69 Å². The van der Waals surface area contributed by atoms with E-state index in [-0.39, 0.29) is 46.6 Å². The third-order valence-corrected chi connectivity index (χ3v) is 4.46. The second-order valence-corrected chi connectivity index (χ2v) is 6.53. The third kappa shape index (κ3) is 4.89. The van der Waals surface area contributed by atoms with Crippen LogP contribution < -0.4 is 14.8 Å². The van der Waals surface area contributed by atoms with Gasteiger partial charge < -0.3 is 19.5 Å². The Bertz CT molecular complexity index is 1150. The lowest BCUT2D eigenvalue weighted by atomic mass is 10.1. The van der Waals surface area contributed by atoms with E-state index in [4.69, 9.17) is 9.47 Å². The second-order valence-electron chi connectivity index (χ2n) is 6.53. The Hall–Kier alpha value is -4.28. The number of nitrogens with one attached hydrogen (secondary N) is 1. The number of carbonyl (C=O) groups excluding carboxylic acids is 1. The van der Waals surface area contributed by atoms with E-state index in [1.54, 1.807) is 19.1 Å². The quantitative estimate of drug-likeness (QED) is 0.313. The molecule has 0 bridgehead atoms. The molecule has 0 aliphatic carbocycles. The van der Waals surface area contributed by atoms with Crippen LogP contribution in [0.4, 0.5) is 21.7 Å². The van der Waals surface area contributed by atoms with Crippen molar-refractivity contribution in [2.24, 2.45) is 0 Å². The molecule has 0 saturated carbocycles. The summed E-state index contributed by atoms with van der Waals surface area (Å²) >= 11 is 0. The molecule has 1 heterocycles. The normalized spacial score (nSPS) is 10.4. The molecule has 0 fully saturated rings. The topological polar surface area (TPSA) is 126 Å². The molecule has 0 saturated heterocycles. The molecule has 3 aromatic rings. The molecule has 11 heteroatoms. The number of ether oxygens (including phenoxy) is 3. The van der Waals surface area contributed by atoms with Crippen molar-refractivity contribution in [2.45, 2.75) is 13.5 Å². The Morgan fingerprint density at radius 2 is 1.94 bits per heavy atom. The number of nitrogens with zero attached hydrogens (tertiary/aromatic N) is 3. The zero-order valence-corrected chi connectivity index (χ0v) is 17.4. The smallest absolute Gasteiger partial charge is 0.337 e. The number of hydrogen-bond donors (Lipinski definition) is 1. The van der Waals surface area contributed by atoms with Gasteiger partial charge in [-0.15, -0.1) is 0 Å². The number of hydrogen-bond acceptors (Lipinski definition) is 9. The first kappa shape index (κ1) is 22.4. The number of aryl methyl sites for hydroxylation is 1. The first-order valence-corrected chi connectivity index (χ1v) is 9.24. The van der Waals surface area contributed by atoms with Crippen molar-refractivity contribution in [1.29, 1.82) is 0 Å². The van der Waals surface area contributed by atoms with Gasteiger partial charge in [0, 0.05) is 11.6 Å². The van der Waals surface area contributed by atoms with Crippen LogP contribution in [0.3, 0.4) is 0 Å². The molecule has 0 radical (unpaired) electrons. The van der Waals surface area contributed by atoms with Gasteiger partial charge in [-0.1, -0.05) is 12.1 Å². The Morgan fingerprint density at radius 1 is 1.22 bits per heavy atom. The van der Waals surface area contributed by atoms with Crippen LogP contribution in [0.5, 0.6) is 11.5 Å². The molecule has 1 N–H and O–H groups in total. The summed E-state index contributed by atoms with van der Waals surface area (Å²) in [4.78, 5) is 30.7. The zero-order chi connectivity index (χ0) is 23.3. The van der Waals surface area contributed by atoms with Gasteiger partial charge in [-0.3, -0.25) is 10.1 Å². The molecule has 0 amide bonds. The lowest BCUT2D eigenvalue weighted by molar-refractivity contribution is -0.384. The molecule has 0 atom stereocenters. The van der Waals surface area contributed by atoms with E-state index in [1.165, 1.54) is 44.8 Å². The van der Waals surface area contributed by atoms with E-state index in [9.17, 15) is 19.3 Å². The molecule has 0 spiro atoms. The standard InChI is InChI=1S/C21H19FN4O6/c1-12-5-4-6-16(26(28)29)19(12)25-21-23-9-15(10-24-21)32-11-14-7-13(20(27)31-3)8-17(30-2)18(14)22/h4-10H,11H2,1-3H3,(H,23,24,25). The number of para-hydroxylation sites is 1. The van der Waals surface area contributed by atoms with Gasteiger partial charge in [0.05, 0.1) is 37.1 Å². The second kappa shape index (κ2) is 9.69. The van der Waals surface area contributed by atoms with E-state index in [0.29, 0.717) is 5.56 Å². The number of aromatic nitrogens is 2. The average molecular weight is 442 g/mol. The van der Waals surface area contributed by atoms with Crippen molar-refractivity contribution < 1.29 is 28.3 Å². The Balaban J connectivity index is 1.75. The number of esters is 1. The molecule has 1 aromatic heterocycles. The molecule has 166 valence electrons. The highest BCUT2D eigenvalue weighted by atomic mass is 19.1. The first-order chi connectivity index (χ1) is 15.3. The van der Waals surface area contributed by atoms with Crippen LogP contribution in [0.25, 0.3) is 0 Å². The van der Waals surface area contributed by atoms with Crippen LogP contribution in [0, 0.1) is 22.9 Å². The Kier molecular flexibility index (Phi) is 6.78. The van der Waals surface area contributed by atoms with Crippen LogP contribution in [0.1, 0.15) is 21.5 Å². The van der Waals surface area contributed by atoms with Gasteiger partial charge in [0.1, 0.15) is 12.3 Å². The van der Waals surface area contributed by atoms with Gasteiger partial charge >= 0.3 is 5.97 Å². The fourth-order valence-corrected chi connectivity index (χ4v) is 2.84. The first-order valence-electron chi connectivity index (χ1n) is 9.24. The summed E-state index contributed by atoms with van der Waals surface area (Å²) < 4.78 is 29.7. The average Bonchev–Trinajstić information content (AvgIpc) is 2.79. The molecule has 0 aliphatic rings. The summed E-state index contributed by atoms with van der Waals surface area (Å²) in [6.45, 7) is 1.49. The van der Waals surface area contributed by atoms with Crippen molar-refractivity contribution in [1.82, 2.24) is 9.97 Å². The fraction of sp³-hybridized carbons (Fsp3) is 0.190. The number of halogens is 1.